The fraction of sp³-hybridized carbons (Fsp3) is 0.800. The third-order valence-corrected chi connectivity index (χ3v) is 0.695. The second-order valence-electron chi connectivity index (χ2n) is 1.31. The first kappa shape index (κ1) is 11.3. The SMILES string of the molecule is CCNC(=O)CC.[H-].[Na+]. The number of amides is 1. The van der Waals surface area contributed by atoms with Gasteiger partial charge in [0, 0.05) is 13.0 Å². The van der Waals surface area contributed by atoms with Gasteiger partial charge in [-0.1, -0.05) is 6.92 Å². The Bertz CT molecular complexity index is 70.0. The Labute approximate surface area is 73.8 Å². The Morgan fingerprint density at radius 2 is 2.12 bits per heavy atom. The van der Waals surface area contributed by atoms with Crippen molar-refractivity contribution in [1.29, 1.82) is 0 Å². The van der Waals surface area contributed by atoms with Gasteiger partial charge < -0.3 is 6.74 Å². The maximum absolute atomic E-state index is 10.3. The van der Waals surface area contributed by atoms with Gasteiger partial charge in [-0.3, -0.25) is 4.79 Å². The predicted octanol–water partition coefficient (Wildman–Crippen LogP) is -2.35. The quantitative estimate of drug-likeness (QED) is 0.411. The molecule has 0 aliphatic heterocycles. The minimum absolute atomic E-state index is 0. The summed E-state index contributed by atoms with van der Waals surface area (Å²) in [5, 5.41) is 2.66. The zero-order valence-corrected chi connectivity index (χ0v) is 7.82. The molecule has 0 bridgehead atoms. The monoisotopic (exact) mass is 125 g/mol. The molecule has 0 saturated carbocycles. The molecule has 0 heterocycles. The fourth-order valence-electron chi connectivity index (χ4n) is 0.322. The summed E-state index contributed by atoms with van der Waals surface area (Å²) in [6, 6.07) is 0. The van der Waals surface area contributed by atoms with Crippen molar-refractivity contribution >= 4 is 5.91 Å². The van der Waals surface area contributed by atoms with Crippen LogP contribution in [-0.4, -0.2) is 12.5 Å². The summed E-state index contributed by atoms with van der Waals surface area (Å²) in [4.78, 5) is 10.3. The van der Waals surface area contributed by atoms with Crippen LogP contribution in [0.5, 0.6) is 0 Å². The van der Waals surface area contributed by atoms with Crippen LogP contribution < -0.4 is 34.9 Å². The summed E-state index contributed by atoms with van der Waals surface area (Å²) in [6.07, 6.45) is 0.591. The first-order chi connectivity index (χ1) is 3.31. The molecule has 1 amide bonds. The van der Waals surface area contributed by atoms with Gasteiger partial charge in [0.2, 0.25) is 5.91 Å². The van der Waals surface area contributed by atoms with E-state index in [0.29, 0.717) is 6.42 Å². The van der Waals surface area contributed by atoms with Gasteiger partial charge >= 0.3 is 29.6 Å². The van der Waals surface area contributed by atoms with E-state index in [2.05, 4.69) is 5.32 Å². The van der Waals surface area contributed by atoms with Gasteiger partial charge in [-0.15, -0.1) is 0 Å². The number of hydrogen-bond acceptors (Lipinski definition) is 1. The Morgan fingerprint density at radius 3 is 2.25 bits per heavy atom. The molecule has 0 fully saturated rings. The normalized spacial score (nSPS) is 7.25. The van der Waals surface area contributed by atoms with E-state index < -0.39 is 0 Å². The Balaban J connectivity index is -0.000000180. The average Bonchev–Trinajstić information content (AvgIpc) is 1.68. The van der Waals surface area contributed by atoms with E-state index >= 15 is 0 Å². The van der Waals surface area contributed by atoms with Crippen LogP contribution in [0.1, 0.15) is 21.7 Å². The molecule has 0 aromatic rings. The van der Waals surface area contributed by atoms with Gasteiger partial charge in [0.1, 0.15) is 0 Å². The minimum atomic E-state index is 0. The van der Waals surface area contributed by atoms with Gasteiger partial charge in [-0.2, -0.15) is 0 Å². The van der Waals surface area contributed by atoms with Crippen molar-refractivity contribution in [3.8, 4) is 0 Å². The van der Waals surface area contributed by atoms with Crippen LogP contribution in [0, 0.1) is 0 Å². The van der Waals surface area contributed by atoms with E-state index in [1.54, 1.807) is 0 Å². The van der Waals surface area contributed by atoms with Crippen molar-refractivity contribution < 1.29 is 35.8 Å². The van der Waals surface area contributed by atoms with E-state index in [1.807, 2.05) is 13.8 Å². The fourth-order valence-corrected chi connectivity index (χ4v) is 0.322. The van der Waals surface area contributed by atoms with E-state index in [0.717, 1.165) is 6.54 Å². The second-order valence-corrected chi connectivity index (χ2v) is 1.31. The summed E-state index contributed by atoms with van der Waals surface area (Å²) in [5.74, 6) is 0.127. The largest absolute Gasteiger partial charge is 1.00 e. The number of rotatable bonds is 2. The van der Waals surface area contributed by atoms with Crippen LogP contribution in [0.3, 0.4) is 0 Å². The van der Waals surface area contributed by atoms with Crippen molar-refractivity contribution in [2.75, 3.05) is 6.54 Å². The topological polar surface area (TPSA) is 29.1 Å². The predicted molar refractivity (Wildman–Crippen MR) is 30.1 cm³/mol. The molecular formula is C5H12NNaO. The van der Waals surface area contributed by atoms with E-state index in [9.17, 15) is 4.79 Å². The standard InChI is InChI=1S/C5H11NO.Na.H/c1-3-5(7)6-4-2;;/h3-4H2,1-2H3,(H,6,7);;/q;+1;-1. The van der Waals surface area contributed by atoms with Crippen LogP contribution in [-0.2, 0) is 4.79 Å². The molecule has 3 heteroatoms. The van der Waals surface area contributed by atoms with E-state index in [1.165, 1.54) is 0 Å². The molecule has 0 aromatic heterocycles. The summed E-state index contributed by atoms with van der Waals surface area (Å²) >= 11 is 0. The minimum Gasteiger partial charge on any atom is -1.00 e. The zero-order chi connectivity index (χ0) is 5.70. The van der Waals surface area contributed by atoms with Gasteiger partial charge in [-0.25, -0.2) is 0 Å². The van der Waals surface area contributed by atoms with Crippen molar-refractivity contribution in [3.05, 3.63) is 0 Å². The summed E-state index contributed by atoms with van der Waals surface area (Å²) in [7, 11) is 0. The maximum Gasteiger partial charge on any atom is 1.00 e. The van der Waals surface area contributed by atoms with Crippen molar-refractivity contribution in [1.82, 2.24) is 5.32 Å². The molecule has 0 saturated heterocycles. The average molecular weight is 125 g/mol. The third kappa shape index (κ3) is 6.47. The van der Waals surface area contributed by atoms with Crippen molar-refractivity contribution in [3.63, 3.8) is 0 Å². The Kier molecular flexibility index (Phi) is 10.5. The number of carbonyl (C=O) groups is 1. The molecule has 0 rings (SSSR count). The smallest absolute Gasteiger partial charge is 1.00 e. The molecule has 8 heavy (non-hydrogen) atoms. The van der Waals surface area contributed by atoms with Crippen LogP contribution in [0.4, 0.5) is 0 Å². The van der Waals surface area contributed by atoms with Gasteiger partial charge in [-0.05, 0) is 6.92 Å². The molecule has 44 valence electrons. The van der Waals surface area contributed by atoms with Crippen LogP contribution in [0.25, 0.3) is 0 Å². The Morgan fingerprint density at radius 1 is 1.62 bits per heavy atom. The van der Waals surface area contributed by atoms with Crippen molar-refractivity contribution in [2.45, 2.75) is 20.3 Å². The third-order valence-electron chi connectivity index (χ3n) is 0.695. The van der Waals surface area contributed by atoms with Gasteiger partial charge in [0.05, 0.1) is 0 Å². The molecule has 0 aliphatic rings. The first-order valence-corrected chi connectivity index (χ1v) is 2.58. The molecule has 0 atom stereocenters. The first-order valence-electron chi connectivity index (χ1n) is 2.58. The molecule has 1 N–H and O–H groups in total. The van der Waals surface area contributed by atoms with Gasteiger partial charge in [0.15, 0.2) is 0 Å². The molecule has 0 spiro atoms. The molecule has 0 aromatic carbocycles. The molecule has 0 aliphatic carbocycles. The van der Waals surface area contributed by atoms with E-state index in [4.69, 9.17) is 0 Å². The van der Waals surface area contributed by atoms with Crippen LogP contribution in [0.2, 0.25) is 0 Å². The summed E-state index contributed by atoms with van der Waals surface area (Å²) < 4.78 is 0. The summed E-state index contributed by atoms with van der Waals surface area (Å²) in [5.41, 5.74) is 0. The van der Waals surface area contributed by atoms with Gasteiger partial charge in [0.25, 0.3) is 0 Å². The number of carbonyl (C=O) groups excluding carboxylic acids is 1. The maximum atomic E-state index is 10.3. The van der Waals surface area contributed by atoms with Crippen LogP contribution in [0.15, 0.2) is 0 Å². The molecule has 0 radical (unpaired) electrons. The molecular weight excluding hydrogens is 113 g/mol. The van der Waals surface area contributed by atoms with Crippen molar-refractivity contribution in [2.24, 2.45) is 0 Å². The Hall–Kier alpha value is 0.470. The zero-order valence-electron chi connectivity index (χ0n) is 6.82. The summed E-state index contributed by atoms with van der Waals surface area (Å²) in [6.45, 7) is 4.49. The van der Waals surface area contributed by atoms with E-state index in [-0.39, 0.29) is 36.9 Å². The number of hydrogen-bond donors (Lipinski definition) is 1. The molecule has 2 nitrogen and oxygen atoms in total. The second kappa shape index (κ2) is 7.47. The van der Waals surface area contributed by atoms with Crippen LogP contribution >= 0.6 is 0 Å². The number of nitrogens with one attached hydrogen (secondary N) is 1. The molecule has 0 unspecified atom stereocenters.